The Kier molecular flexibility index (Phi) is 4.88. The van der Waals surface area contributed by atoms with E-state index in [0.717, 1.165) is 12.2 Å². The number of nitrogens with one attached hydrogen (secondary N) is 1. The van der Waals surface area contributed by atoms with Crippen LogP contribution >= 0.6 is 0 Å². The number of carboxylic acids is 1. The van der Waals surface area contributed by atoms with Gasteiger partial charge in [0.1, 0.15) is 11.8 Å². The quantitative estimate of drug-likeness (QED) is 0.891. The van der Waals surface area contributed by atoms with Crippen molar-refractivity contribution in [1.82, 2.24) is 10.2 Å². The van der Waals surface area contributed by atoms with Crippen LogP contribution in [0.3, 0.4) is 0 Å². The number of amides is 2. The first-order chi connectivity index (χ1) is 9.97. The molecular weight excluding hydrogens is 272 g/mol. The zero-order chi connectivity index (χ0) is 15.4. The maximum atomic E-state index is 12.3. The number of aliphatic carboxylic acids is 1. The van der Waals surface area contributed by atoms with Crippen LogP contribution in [0.1, 0.15) is 32.4 Å². The van der Waals surface area contributed by atoms with Crippen molar-refractivity contribution in [2.75, 3.05) is 6.54 Å². The van der Waals surface area contributed by atoms with E-state index in [0.29, 0.717) is 25.3 Å². The molecule has 2 amide bonds. The van der Waals surface area contributed by atoms with Crippen LogP contribution in [0.15, 0.2) is 22.8 Å². The molecule has 1 aliphatic heterocycles. The lowest BCUT2D eigenvalue weighted by Crippen LogP contribution is -2.54. The van der Waals surface area contributed by atoms with Crippen molar-refractivity contribution in [3.05, 3.63) is 24.2 Å². The molecule has 2 heterocycles. The molecular formula is C15H22N2O4. The molecule has 1 aromatic heterocycles. The largest absolute Gasteiger partial charge is 0.480 e. The predicted octanol–water partition coefficient (Wildman–Crippen LogP) is 2.11. The van der Waals surface area contributed by atoms with Gasteiger partial charge in [0.15, 0.2) is 0 Å². The molecule has 2 N–H and O–H groups in total. The van der Waals surface area contributed by atoms with E-state index in [4.69, 9.17) is 4.42 Å². The molecule has 1 saturated heterocycles. The summed E-state index contributed by atoms with van der Waals surface area (Å²) in [7, 11) is 0. The lowest BCUT2D eigenvalue weighted by Gasteiger charge is -2.36. The van der Waals surface area contributed by atoms with E-state index in [1.807, 2.05) is 19.9 Å². The highest BCUT2D eigenvalue weighted by molar-refractivity contribution is 5.83. The zero-order valence-corrected chi connectivity index (χ0v) is 12.4. The second kappa shape index (κ2) is 6.65. The van der Waals surface area contributed by atoms with Crippen LogP contribution in [0.25, 0.3) is 0 Å². The summed E-state index contributed by atoms with van der Waals surface area (Å²) in [4.78, 5) is 25.0. The van der Waals surface area contributed by atoms with E-state index in [1.54, 1.807) is 12.3 Å². The Hall–Kier alpha value is -1.98. The molecule has 1 fully saturated rings. The van der Waals surface area contributed by atoms with Crippen LogP contribution < -0.4 is 5.32 Å². The minimum absolute atomic E-state index is 0.113. The number of carbonyl (C=O) groups is 2. The van der Waals surface area contributed by atoms with Gasteiger partial charge in [0.25, 0.3) is 0 Å². The number of likely N-dealkylation sites (tertiary alicyclic amines) is 1. The van der Waals surface area contributed by atoms with Gasteiger partial charge >= 0.3 is 12.0 Å². The van der Waals surface area contributed by atoms with Crippen molar-refractivity contribution >= 4 is 12.0 Å². The molecule has 0 radical (unpaired) electrons. The van der Waals surface area contributed by atoms with E-state index in [-0.39, 0.29) is 12.1 Å². The summed E-state index contributed by atoms with van der Waals surface area (Å²) >= 11 is 0. The van der Waals surface area contributed by atoms with Gasteiger partial charge in [0.2, 0.25) is 0 Å². The number of hydrogen-bond donors (Lipinski definition) is 2. The van der Waals surface area contributed by atoms with E-state index in [9.17, 15) is 14.7 Å². The van der Waals surface area contributed by atoms with Crippen molar-refractivity contribution in [2.45, 2.75) is 45.2 Å². The number of furan rings is 1. The Bertz CT molecular complexity index is 486. The minimum Gasteiger partial charge on any atom is -0.480 e. The van der Waals surface area contributed by atoms with Crippen LogP contribution in [0.5, 0.6) is 0 Å². The average Bonchev–Trinajstić information content (AvgIpc) is 2.90. The minimum atomic E-state index is -0.935. The highest BCUT2D eigenvalue weighted by atomic mass is 16.4. The Balaban J connectivity index is 1.93. The number of carbonyl (C=O) groups excluding carboxylic acids is 1. The first-order valence-electron chi connectivity index (χ1n) is 7.29. The van der Waals surface area contributed by atoms with Crippen molar-refractivity contribution < 1.29 is 19.1 Å². The summed E-state index contributed by atoms with van der Waals surface area (Å²) < 4.78 is 5.25. The fourth-order valence-corrected chi connectivity index (χ4v) is 2.69. The third-order valence-corrected chi connectivity index (χ3v) is 3.87. The number of hydrogen-bond acceptors (Lipinski definition) is 3. The SMILES string of the molecule is CC1CCN(C(=O)NC(C)Cc2ccco2)C(C(=O)O)C1. The average molecular weight is 294 g/mol. The lowest BCUT2D eigenvalue weighted by atomic mass is 9.93. The van der Waals surface area contributed by atoms with Gasteiger partial charge in [-0.2, -0.15) is 0 Å². The second-order valence-corrected chi connectivity index (χ2v) is 5.81. The summed E-state index contributed by atoms with van der Waals surface area (Å²) in [5, 5.41) is 12.1. The molecule has 1 aromatic rings. The lowest BCUT2D eigenvalue weighted by molar-refractivity contribution is -0.143. The fraction of sp³-hybridized carbons (Fsp3) is 0.600. The van der Waals surface area contributed by atoms with Gasteiger partial charge < -0.3 is 19.7 Å². The Morgan fingerprint density at radius 2 is 2.33 bits per heavy atom. The van der Waals surface area contributed by atoms with Gasteiger partial charge in [-0.1, -0.05) is 6.92 Å². The predicted molar refractivity (Wildman–Crippen MR) is 76.9 cm³/mol. The smallest absolute Gasteiger partial charge is 0.326 e. The van der Waals surface area contributed by atoms with Crippen molar-refractivity contribution in [2.24, 2.45) is 5.92 Å². The molecule has 0 bridgehead atoms. The fourth-order valence-electron chi connectivity index (χ4n) is 2.69. The molecule has 3 atom stereocenters. The molecule has 1 aliphatic rings. The van der Waals surface area contributed by atoms with Gasteiger partial charge in [0.05, 0.1) is 6.26 Å². The highest BCUT2D eigenvalue weighted by Gasteiger charge is 2.35. The molecule has 116 valence electrons. The molecule has 21 heavy (non-hydrogen) atoms. The molecule has 6 heteroatoms. The van der Waals surface area contributed by atoms with E-state index in [2.05, 4.69) is 5.32 Å². The third kappa shape index (κ3) is 4.00. The van der Waals surface area contributed by atoms with E-state index >= 15 is 0 Å². The number of piperidine rings is 1. The molecule has 6 nitrogen and oxygen atoms in total. The number of nitrogens with zero attached hydrogens (tertiary/aromatic N) is 1. The molecule has 0 aliphatic carbocycles. The maximum absolute atomic E-state index is 12.3. The zero-order valence-electron chi connectivity index (χ0n) is 12.4. The first-order valence-corrected chi connectivity index (χ1v) is 7.29. The number of carboxylic acid groups (broad SMARTS) is 1. The van der Waals surface area contributed by atoms with E-state index in [1.165, 1.54) is 4.90 Å². The van der Waals surface area contributed by atoms with Crippen LogP contribution in [0.4, 0.5) is 4.79 Å². The molecule has 2 rings (SSSR count). The highest BCUT2D eigenvalue weighted by Crippen LogP contribution is 2.22. The summed E-state index contributed by atoms with van der Waals surface area (Å²) in [6, 6.07) is 2.50. The van der Waals surface area contributed by atoms with Gasteiger partial charge in [-0.25, -0.2) is 9.59 Å². The first kappa shape index (κ1) is 15.4. The van der Waals surface area contributed by atoms with Gasteiger partial charge in [0, 0.05) is 19.0 Å². The molecule has 0 saturated carbocycles. The van der Waals surface area contributed by atoms with Crippen LogP contribution in [-0.4, -0.2) is 40.6 Å². The number of rotatable bonds is 4. The Morgan fingerprint density at radius 3 is 2.95 bits per heavy atom. The standard InChI is InChI=1S/C15H22N2O4/c1-10-5-6-17(13(8-10)14(18)19)15(20)16-11(2)9-12-4-3-7-21-12/h3-4,7,10-11,13H,5-6,8-9H2,1-2H3,(H,16,20)(H,18,19). The van der Waals surface area contributed by atoms with Crippen LogP contribution in [0.2, 0.25) is 0 Å². The molecule has 0 aromatic carbocycles. The second-order valence-electron chi connectivity index (χ2n) is 5.81. The molecule has 0 spiro atoms. The van der Waals surface area contributed by atoms with Gasteiger partial charge in [-0.15, -0.1) is 0 Å². The normalized spacial score (nSPS) is 23.6. The van der Waals surface area contributed by atoms with E-state index < -0.39 is 12.0 Å². The summed E-state index contributed by atoms with van der Waals surface area (Å²) in [6.07, 6.45) is 3.52. The van der Waals surface area contributed by atoms with Crippen LogP contribution in [0, 0.1) is 5.92 Å². The Labute approximate surface area is 124 Å². The van der Waals surface area contributed by atoms with Crippen molar-refractivity contribution in [3.8, 4) is 0 Å². The van der Waals surface area contributed by atoms with Gasteiger partial charge in [-0.3, -0.25) is 0 Å². The summed E-state index contributed by atoms with van der Waals surface area (Å²) in [5.74, 6) is 0.191. The van der Waals surface area contributed by atoms with Crippen molar-refractivity contribution in [3.63, 3.8) is 0 Å². The van der Waals surface area contributed by atoms with Crippen molar-refractivity contribution in [1.29, 1.82) is 0 Å². The summed E-state index contributed by atoms with van der Waals surface area (Å²) in [6.45, 7) is 4.38. The molecule has 3 unspecified atom stereocenters. The number of urea groups is 1. The monoisotopic (exact) mass is 294 g/mol. The third-order valence-electron chi connectivity index (χ3n) is 3.87. The Morgan fingerprint density at radius 1 is 1.57 bits per heavy atom. The topological polar surface area (TPSA) is 82.8 Å². The van der Waals surface area contributed by atoms with Crippen LogP contribution in [-0.2, 0) is 11.2 Å². The van der Waals surface area contributed by atoms with Gasteiger partial charge in [-0.05, 0) is 37.8 Å². The summed E-state index contributed by atoms with van der Waals surface area (Å²) in [5.41, 5.74) is 0. The maximum Gasteiger partial charge on any atom is 0.326 e.